The minimum atomic E-state index is -0.617. The molecule has 0 saturated carbocycles. The van der Waals surface area contributed by atoms with Crippen molar-refractivity contribution in [3.8, 4) is 0 Å². The number of hydrogen-bond acceptors (Lipinski definition) is 4. The Morgan fingerprint density at radius 3 is 2.32 bits per heavy atom. The Balaban J connectivity index is 1.73. The first kappa shape index (κ1) is 21.4. The largest absolute Gasteiger partial charge is 0.456 e. The van der Waals surface area contributed by atoms with Gasteiger partial charge in [-0.3, -0.25) is 14.4 Å². The van der Waals surface area contributed by atoms with E-state index < -0.39 is 18.5 Å². The first-order chi connectivity index (χ1) is 13.2. The third-order valence-electron chi connectivity index (χ3n) is 4.04. The lowest BCUT2D eigenvalue weighted by Gasteiger charge is -2.10. The number of benzene rings is 2. The summed E-state index contributed by atoms with van der Waals surface area (Å²) in [5, 5.41) is 5.92. The van der Waals surface area contributed by atoms with Crippen LogP contribution in [0.4, 0.5) is 11.4 Å². The van der Waals surface area contributed by atoms with E-state index in [0.29, 0.717) is 16.4 Å². The molecule has 0 saturated heterocycles. The summed E-state index contributed by atoms with van der Waals surface area (Å²) in [6.45, 7) is 5.26. The summed E-state index contributed by atoms with van der Waals surface area (Å²) < 4.78 is 4.93. The Hall–Kier alpha value is -2.86. The van der Waals surface area contributed by atoms with Crippen LogP contribution in [0.5, 0.6) is 0 Å². The van der Waals surface area contributed by atoms with Gasteiger partial charge in [-0.15, -0.1) is 0 Å². The third-order valence-corrected chi connectivity index (χ3v) is 4.45. The number of anilines is 2. The van der Waals surface area contributed by atoms with Gasteiger partial charge in [0.25, 0.3) is 5.91 Å². The van der Waals surface area contributed by atoms with E-state index in [-0.39, 0.29) is 18.7 Å². The van der Waals surface area contributed by atoms with Gasteiger partial charge in [-0.05, 0) is 55.7 Å². The van der Waals surface area contributed by atoms with Crippen molar-refractivity contribution in [2.75, 3.05) is 17.2 Å². The molecule has 28 heavy (non-hydrogen) atoms. The molecule has 0 aromatic heterocycles. The predicted octanol–water partition coefficient (Wildman–Crippen LogP) is 4.17. The Morgan fingerprint density at radius 2 is 1.61 bits per heavy atom. The Morgan fingerprint density at radius 1 is 0.893 bits per heavy atom. The van der Waals surface area contributed by atoms with Gasteiger partial charge in [-0.25, -0.2) is 0 Å². The Labute approximate surface area is 169 Å². The second-order valence-corrected chi connectivity index (χ2v) is 6.95. The monoisotopic (exact) mass is 402 g/mol. The topological polar surface area (TPSA) is 84.5 Å². The number of carbonyl (C=O) groups is 3. The van der Waals surface area contributed by atoms with Crippen molar-refractivity contribution in [3.05, 3.63) is 58.1 Å². The first-order valence-electron chi connectivity index (χ1n) is 8.83. The molecule has 2 N–H and O–H groups in total. The molecule has 2 amide bonds. The zero-order chi connectivity index (χ0) is 20.7. The molecule has 148 valence electrons. The summed E-state index contributed by atoms with van der Waals surface area (Å²) in [6, 6.07) is 10.9. The molecular formula is C21H23ClN2O4. The molecule has 2 aromatic carbocycles. The maximum Gasteiger partial charge on any atom is 0.306 e. The number of nitrogens with one attached hydrogen (secondary N) is 2. The zero-order valence-electron chi connectivity index (χ0n) is 16.1. The number of esters is 1. The number of ether oxygens (including phenoxy) is 1. The number of aryl methyl sites for hydroxylation is 3. The average molecular weight is 403 g/mol. The molecule has 7 heteroatoms. The highest BCUT2D eigenvalue weighted by atomic mass is 35.5. The summed E-state index contributed by atoms with van der Waals surface area (Å²) in [5.74, 6) is -1.38. The van der Waals surface area contributed by atoms with Gasteiger partial charge in [0, 0.05) is 22.8 Å². The molecule has 2 rings (SSSR count). The summed E-state index contributed by atoms with van der Waals surface area (Å²) in [5.41, 5.74) is 4.07. The number of rotatable bonds is 7. The fourth-order valence-electron chi connectivity index (χ4n) is 2.38. The van der Waals surface area contributed by atoms with Crippen molar-refractivity contribution in [2.45, 2.75) is 33.6 Å². The lowest BCUT2D eigenvalue weighted by molar-refractivity contribution is -0.147. The molecule has 0 aliphatic heterocycles. The SMILES string of the molecule is Cc1ccc(C)c(NC(=O)COC(=O)CCC(=O)Nc2ccc(C)c(Cl)c2)c1. The number of amides is 2. The Bertz CT molecular complexity index is 896. The molecule has 0 atom stereocenters. The molecule has 0 heterocycles. The van der Waals surface area contributed by atoms with E-state index in [9.17, 15) is 14.4 Å². The first-order valence-corrected chi connectivity index (χ1v) is 9.21. The van der Waals surface area contributed by atoms with Crippen molar-refractivity contribution < 1.29 is 19.1 Å². The highest BCUT2D eigenvalue weighted by Crippen LogP contribution is 2.20. The van der Waals surface area contributed by atoms with Crippen LogP contribution in [-0.4, -0.2) is 24.4 Å². The minimum Gasteiger partial charge on any atom is -0.456 e. The fourth-order valence-corrected chi connectivity index (χ4v) is 2.57. The zero-order valence-corrected chi connectivity index (χ0v) is 16.9. The minimum absolute atomic E-state index is 0.0526. The van der Waals surface area contributed by atoms with Crippen LogP contribution < -0.4 is 10.6 Å². The second-order valence-electron chi connectivity index (χ2n) is 6.54. The number of halogens is 1. The van der Waals surface area contributed by atoms with Crippen LogP contribution in [0.3, 0.4) is 0 Å². The van der Waals surface area contributed by atoms with Gasteiger partial charge >= 0.3 is 5.97 Å². The molecule has 2 aromatic rings. The lowest BCUT2D eigenvalue weighted by Crippen LogP contribution is -2.22. The highest BCUT2D eigenvalue weighted by molar-refractivity contribution is 6.31. The molecule has 0 aliphatic carbocycles. The highest BCUT2D eigenvalue weighted by Gasteiger charge is 2.12. The number of hydrogen-bond donors (Lipinski definition) is 2. The second kappa shape index (κ2) is 9.90. The van der Waals surface area contributed by atoms with Crippen LogP contribution in [0.15, 0.2) is 36.4 Å². The Kier molecular flexibility index (Phi) is 7.58. The van der Waals surface area contributed by atoms with Crippen LogP contribution in [-0.2, 0) is 19.1 Å². The molecule has 0 aliphatic rings. The summed E-state index contributed by atoms with van der Waals surface area (Å²) in [7, 11) is 0. The van der Waals surface area contributed by atoms with Gasteiger partial charge in [0.1, 0.15) is 0 Å². The van der Waals surface area contributed by atoms with E-state index in [1.165, 1.54) is 0 Å². The summed E-state index contributed by atoms with van der Waals surface area (Å²) in [6.07, 6.45) is -0.175. The van der Waals surface area contributed by atoms with Crippen molar-refractivity contribution >= 4 is 40.8 Å². The van der Waals surface area contributed by atoms with Crippen molar-refractivity contribution in [2.24, 2.45) is 0 Å². The summed E-state index contributed by atoms with van der Waals surface area (Å²) >= 11 is 6.01. The lowest BCUT2D eigenvalue weighted by atomic mass is 10.1. The summed E-state index contributed by atoms with van der Waals surface area (Å²) in [4.78, 5) is 35.6. The van der Waals surface area contributed by atoms with Gasteiger partial charge < -0.3 is 15.4 Å². The van der Waals surface area contributed by atoms with Gasteiger partial charge in [-0.1, -0.05) is 29.8 Å². The maximum absolute atomic E-state index is 11.9. The van der Waals surface area contributed by atoms with E-state index >= 15 is 0 Å². The quantitative estimate of drug-likeness (QED) is 0.681. The van der Waals surface area contributed by atoms with Crippen LogP contribution >= 0.6 is 11.6 Å². The van der Waals surface area contributed by atoms with E-state index in [4.69, 9.17) is 16.3 Å². The molecule has 0 spiro atoms. The molecular weight excluding hydrogens is 380 g/mol. The average Bonchev–Trinajstić information content (AvgIpc) is 2.64. The predicted molar refractivity (Wildman–Crippen MR) is 110 cm³/mol. The molecule has 0 fully saturated rings. The third kappa shape index (κ3) is 6.70. The number of carbonyl (C=O) groups excluding carboxylic acids is 3. The van der Waals surface area contributed by atoms with E-state index in [1.54, 1.807) is 18.2 Å². The molecule has 0 bridgehead atoms. The maximum atomic E-state index is 11.9. The fraction of sp³-hybridized carbons (Fsp3) is 0.286. The van der Waals surface area contributed by atoms with E-state index in [0.717, 1.165) is 16.7 Å². The van der Waals surface area contributed by atoms with Crippen LogP contribution in [0.2, 0.25) is 5.02 Å². The van der Waals surface area contributed by atoms with Crippen molar-refractivity contribution in [1.29, 1.82) is 0 Å². The molecule has 0 radical (unpaired) electrons. The van der Waals surface area contributed by atoms with Crippen LogP contribution in [0.25, 0.3) is 0 Å². The molecule has 6 nitrogen and oxygen atoms in total. The molecule has 0 unspecified atom stereocenters. The normalized spacial score (nSPS) is 10.3. The van der Waals surface area contributed by atoms with Crippen molar-refractivity contribution in [3.63, 3.8) is 0 Å². The van der Waals surface area contributed by atoms with Gasteiger partial charge in [0.15, 0.2) is 6.61 Å². The standard InChI is InChI=1S/C21H23ClN2O4/c1-13-4-5-15(3)18(10-13)24-20(26)12-28-21(27)9-8-19(25)23-16-7-6-14(2)17(22)11-16/h4-7,10-11H,8-9,12H2,1-3H3,(H,23,25)(H,24,26). The van der Waals surface area contributed by atoms with Crippen LogP contribution in [0, 0.1) is 20.8 Å². The van der Waals surface area contributed by atoms with Gasteiger partial charge in [0.05, 0.1) is 6.42 Å². The van der Waals surface area contributed by atoms with E-state index in [2.05, 4.69) is 10.6 Å². The van der Waals surface area contributed by atoms with Gasteiger partial charge in [0.2, 0.25) is 5.91 Å². The van der Waals surface area contributed by atoms with Crippen LogP contribution in [0.1, 0.15) is 29.5 Å². The smallest absolute Gasteiger partial charge is 0.306 e. The van der Waals surface area contributed by atoms with Gasteiger partial charge in [-0.2, -0.15) is 0 Å². The van der Waals surface area contributed by atoms with E-state index in [1.807, 2.05) is 39.0 Å². The van der Waals surface area contributed by atoms with Crippen molar-refractivity contribution in [1.82, 2.24) is 0 Å².